The van der Waals surface area contributed by atoms with Crippen LogP contribution in [-0.2, 0) is 23.2 Å². The molecule has 20 heavy (non-hydrogen) atoms. The Bertz CT molecular complexity index is 479. The largest absolute Gasteiger partial charge is 0.147 e. The Hall–Kier alpha value is 0.423. The van der Waals surface area contributed by atoms with Crippen molar-refractivity contribution in [1.29, 1.82) is 0 Å². The quantitative estimate of drug-likeness (QED) is 0.535. The third-order valence-corrected chi connectivity index (χ3v) is 9.17. The van der Waals surface area contributed by atoms with Gasteiger partial charge in [-0.3, -0.25) is 0 Å². The molecular formula is C17H26Cl2Zr. The van der Waals surface area contributed by atoms with Crippen LogP contribution in [0.25, 0.3) is 0 Å². The fraction of sp³-hybridized carbons (Fsp3) is 0.529. The van der Waals surface area contributed by atoms with Gasteiger partial charge in [0.2, 0.25) is 0 Å². The Balaban J connectivity index is 0.00000180. The molecule has 0 amide bonds. The molecule has 0 aromatic carbocycles. The number of allylic oxidation sites excluding steroid dienone is 8. The summed E-state index contributed by atoms with van der Waals surface area (Å²) in [5.74, 6) is 0. The molecule has 0 heterocycles. The first-order valence-electron chi connectivity index (χ1n) is 7.03. The van der Waals surface area contributed by atoms with Gasteiger partial charge in [0.05, 0.1) is 0 Å². The molecule has 2 rings (SSSR count). The SMILES string of the molecule is CCCC1=C(C)C(C)(C)[C]([Zr][C]2=CC=CC2)=C1C.Cl.Cl. The molecule has 3 heteroatoms. The van der Waals surface area contributed by atoms with Crippen molar-refractivity contribution in [2.24, 2.45) is 5.41 Å². The van der Waals surface area contributed by atoms with E-state index in [0.717, 1.165) is 0 Å². The Morgan fingerprint density at radius 3 is 2.35 bits per heavy atom. The molecule has 0 N–H and O–H groups in total. The molecule has 0 aromatic heterocycles. The summed E-state index contributed by atoms with van der Waals surface area (Å²) in [5.41, 5.74) is 5.30. The number of hydrogen-bond acceptors (Lipinski definition) is 0. The normalized spacial score (nSPS) is 19.8. The molecule has 0 saturated carbocycles. The zero-order valence-corrected chi connectivity index (χ0v) is 17.3. The smallest absolute Gasteiger partial charge is 0.147 e. The molecule has 0 fully saturated rings. The van der Waals surface area contributed by atoms with E-state index in [4.69, 9.17) is 0 Å². The summed E-state index contributed by atoms with van der Waals surface area (Å²) in [6.45, 7) is 11.9. The molecule has 0 unspecified atom stereocenters. The summed E-state index contributed by atoms with van der Waals surface area (Å²) in [5, 5.41) is 0. The predicted octanol–water partition coefficient (Wildman–Crippen LogP) is 6.19. The van der Waals surface area contributed by atoms with Crippen LogP contribution in [0.1, 0.15) is 53.9 Å². The van der Waals surface area contributed by atoms with Gasteiger partial charge in [-0.05, 0) is 0 Å². The molecule has 112 valence electrons. The van der Waals surface area contributed by atoms with Gasteiger partial charge in [0, 0.05) is 0 Å². The van der Waals surface area contributed by atoms with Crippen LogP contribution < -0.4 is 0 Å². The molecule has 0 aliphatic heterocycles. The molecule has 0 bridgehead atoms. The predicted molar refractivity (Wildman–Crippen MR) is 90.4 cm³/mol. The Morgan fingerprint density at radius 1 is 1.20 bits per heavy atom. The summed E-state index contributed by atoms with van der Waals surface area (Å²) < 4.78 is 3.56. The van der Waals surface area contributed by atoms with E-state index in [-0.39, 0.29) is 24.8 Å². The van der Waals surface area contributed by atoms with Crippen LogP contribution in [-0.4, -0.2) is 0 Å². The van der Waals surface area contributed by atoms with Gasteiger partial charge >= 0.3 is 124 Å². The van der Waals surface area contributed by atoms with Crippen LogP contribution in [0.2, 0.25) is 0 Å². The maximum absolute atomic E-state index is 2.44. The average Bonchev–Trinajstić information content (AvgIpc) is 2.88. The first-order chi connectivity index (χ1) is 8.48. The van der Waals surface area contributed by atoms with Crippen LogP contribution in [0.4, 0.5) is 0 Å². The van der Waals surface area contributed by atoms with Crippen molar-refractivity contribution in [3.63, 3.8) is 0 Å². The van der Waals surface area contributed by atoms with Crippen LogP contribution in [0.15, 0.2) is 41.5 Å². The topological polar surface area (TPSA) is 0 Å². The van der Waals surface area contributed by atoms with Crippen molar-refractivity contribution < 1.29 is 23.2 Å². The third-order valence-electron chi connectivity index (χ3n) is 4.40. The standard InChI is InChI=1S/C12H19.C5H5.2ClH.Zr/c1-6-7-11-9(2)8-12(4,5)10(11)3;1-2-4-5-3-1;;;/h6-7H2,1-5H3;1-3H,4H2;2*1H;. The van der Waals surface area contributed by atoms with E-state index < -0.39 is 23.2 Å². The zero-order chi connectivity index (χ0) is 13.3. The van der Waals surface area contributed by atoms with Crippen molar-refractivity contribution in [1.82, 2.24) is 0 Å². The molecule has 0 nitrogen and oxygen atoms in total. The summed E-state index contributed by atoms with van der Waals surface area (Å²) in [6, 6.07) is 0. The fourth-order valence-corrected chi connectivity index (χ4v) is 6.87. The Labute approximate surface area is 148 Å². The van der Waals surface area contributed by atoms with Gasteiger partial charge in [-0.2, -0.15) is 0 Å². The van der Waals surface area contributed by atoms with E-state index in [1.54, 1.807) is 20.0 Å². The van der Waals surface area contributed by atoms with E-state index >= 15 is 0 Å². The Morgan fingerprint density at radius 2 is 1.85 bits per heavy atom. The maximum Gasteiger partial charge on any atom is -0.147 e. The molecule has 0 radical (unpaired) electrons. The van der Waals surface area contributed by atoms with Crippen LogP contribution in [0, 0.1) is 5.41 Å². The second kappa shape index (κ2) is 8.16. The van der Waals surface area contributed by atoms with Gasteiger partial charge in [-0.15, -0.1) is 24.8 Å². The molecule has 0 saturated heterocycles. The fourth-order valence-electron chi connectivity index (χ4n) is 3.04. The summed E-state index contributed by atoms with van der Waals surface area (Å²) in [7, 11) is 0. The first-order valence-corrected chi connectivity index (χ1v) is 9.49. The van der Waals surface area contributed by atoms with E-state index in [1.807, 2.05) is 3.28 Å². The van der Waals surface area contributed by atoms with Gasteiger partial charge in [-0.25, -0.2) is 0 Å². The number of hydrogen-bond donors (Lipinski definition) is 0. The second-order valence-corrected chi connectivity index (χ2v) is 9.35. The minimum atomic E-state index is -0.544. The summed E-state index contributed by atoms with van der Waals surface area (Å²) in [4.78, 5) is 0. The molecular weight excluding hydrogens is 366 g/mol. The van der Waals surface area contributed by atoms with Gasteiger partial charge in [0.15, 0.2) is 0 Å². The number of rotatable bonds is 4. The van der Waals surface area contributed by atoms with Gasteiger partial charge in [-0.1, -0.05) is 0 Å². The monoisotopic (exact) mass is 390 g/mol. The number of halogens is 2. The minimum Gasteiger partial charge on any atom is -0.147 e. The van der Waals surface area contributed by atoms with Crippen molar-refractivity contribution in [2.75, 3.05) is 0 Å². The third kappa shape index (κ3) is 3.79. The van der Waals surface area contributed by atoms with Crippen molar-refractivity contribution >= 4 is 24.8 Å². The van der Waals surface area contributed by atoms with Gasteiger partial charge < -0.3 is 0 Å². The summed E-state index contributed by atoms with van der Waals surface area (Å²) >= 11 is -0.544. The average molecular weight is 393 g/mol. The second-order valence-electron chi connectivity index (χ2n) is 5.93. The molecule has 0 spiro atoms. The van der Waals surface area contributed by atoms with Gasteiger partial charge in [0.1, 0.15) is 0 Å². The van der Waals surface area contributed by atoms with Gasteiger partial charge in [0.25, 0.3) is 0 Å². The van der Waals surface area contributed by atoms with Crippen molar-refractivity contribution in [2.45, 2.75) is 53.9 Å². The van der Waals surface area contributed by atoms with E-state index in [1.165, 1.54) is 19.3 Å². The molecule has 0 atom stereocenters. The first kappa shape index (κ1) is 20.4. The van der Waals surface area contributed by atoms with Crippen molar-refractivity contribution in [3.05, 3.63) is 41.5 Å². The van der Waals surface area contributed by atoms with Crippen LogP contribution >= 0.6 is 24.8 Å². The van der Waals surface area contributed by atoms with Crippen LogP contribution in [0.3, 0.4) is 0 Å². The van der Waals surface area contributed by atoms with E-state index in [9.17, 15) is 0 Å². The molecule has 2 aliphatic carbocycles. The maximum atomic E-state index is 2.44. The zero-order valence-electron chi connectivity index (χ0n) is 13.2. The summed E-state index contributed by atoms with van der Waals surface area (Å²) in [6.07, 6.45) is 10.7. The van der Waals surface area contributed by atoms with Crippen LogP contribution in [0.5, 0.6) is 0 Å². The van der Waals surface area contributed by atoms with E-state index in [0.29, 0.717) is 5.41 Å². The van der Waals surface area contributed by atoms with E-state index in [2.05, 4.69) is 52.8 Å². The molecule has 0 aromatic rings. The van der Waals surface area contributed by atoms with Crippen molar-refractivity contribution in [3.8, 4) is 0 Å². The molecule has 2 aliphatic rings. The Kier molecular flexibility index (Phi) is 8.33. The minimum absolute atomic E-state index is 0.